The quantitative estimate of drug-likeness (QED) is 0.688. The van der Waals surface area contributed by atoms with Gasteiger partial charge in [0.15, 0.2) is 0 Å². The average molecular weight is 258 g/mol. The third-order valence-electron chi connectivity index (χ3n) is 3.22. The lowest BCUT2D eigenvalue weighted by Crippen LogP contribution is -2.39. The fraction of sp³-hybridized carbons (Fsp3) is 0.923. The van der Waals surface area contributed by atoms with Crippen LogP contribution >= 0.6 is 11.8 Å². The Labute approximate surface area is 109 Å². The summed E-state index contributed by atoms with van der Waals surface area (Å²) in [7, 11) is 1.92. The minimum atomic E-state index is 0.229. The van der Waals surface area contributed by atoms with E-state index in [0.717, 1.165) is 24.6 Å². The van der Waals surface area contributed by atoms with E-state index in [9.17, 15) is 4.79 Å². The van der Waals surface area contributed by atoms with E-state index in [4.69, 9.17) is 0 Å². The molecule has 0 bridgehead atoms. The molecule has 3 nitrogen and oxygen atoms in total. The molecule has 0 heterocycles. The normalized spacial score (nSPS) is 24.6. The summed E-state index contributed by atoms with van der Waals surface area (Å²) in [5, 5.41) is 7.01. The molecule has 100 valence electrons. The third-order valence-corrected chi connectivity index (χ3v) is 4.46. The van der Waals surface area contributed by atoms with E-state index >= 15 is 0 Å². The molecule has 1 saturated carbocycles. The molecule has 0 radical (unpaired) electrons. The Morgan fingerprint density at radius 1 is 1.41 bits per heavy atom. The number of carbonyl (C=O) groups is 1. The highest BCUT2D eigenvalue weighted by molar-refractivity contribution is 7.99. The fourth-order valence-corrected chi connectivity index (χ4v) is 3.56. The van der Waals surface area contributed by atoms with Gasteiger partial charge in [0.25, 0.3) is 0 Å². The first-order valence-electron chi connectivity index (χ1n) is 6.81. The van der Waals surface area contributed by atoms with Crippen LogP contribution in [0.3, 0.4) is 0 Å². The van der Waals surface area contributed by atoms with E-state index in [-0.39, 0.29) is 5.91 Å². The number of amides is 1. The molecule has 1 fully saturated rings. The van der Waals surface area contributed by atoms with Crippen molar-refractivity contribution in [2.75, 3.05) is 19.3 Å². The zero-order chi connectivity index (χ0) is 12.5. The van der Waals surface area contributed by atoms with Gasteiger partial charge in [0.1, 0.15) is 0 Å². The maximum absolute atomic E-state index is 11.7. The van der Waals surface area contributed by atoms with Crippen LogP contribution in [-0.2, 0) is 4.79 Å². The van der Waals surface area contributed by atoms with Crippen LogP contribution in [0.2, 0.25) is 0 Å². The number of carbonyl (C=O) groups excluding carboxylic acids is 1. The van der Waals surface area contributed by atoms with Crippen LogP contribution in [0.5, 0.6) is 0 Å². The van der Waals surface area contributed by atoms with Crippen molar-refractivity contribution in [3.8, 4) is 0 Å². The first kappa shape index (κ1) is 14.8. The molecule has 1 aliphatic carbocycles. The summed E-state index contributed by atoms with van der Waals surface area (Å²) in [6, 6.07) is 0.426. The SMILES string of the molecule is CCSC1CCCC(NC(=O)CCCNC)C1. The highest BCUT2D eigenvalue weighted by atomic mass is 32.2. The van der Waals surface area contributed by atoms with Crippen LogP contribution in [0.4, 0.5) is 0 Å². The fourth-order valence-electron chi connectivity index (χ4n) is 2.39. The van der Waals surface area contributed by atoms with Gasteiger partial charge in [-0.15, -0.1) is 0 Å². The Morgan fingerprint density at radius 3 is 2.94 bits per heavy atom. The molecule has 0 spiro atoms. The Balaban J connectivity index is 2.18. The molecule has 2 N–H and O–H groups in total. The number of nitrogens with one attached hydrogen (secondary N) is 2. The molecule has 0 saturated heterocycles. The zero-order valence-electron chi connectivity index (χ0n) is 11.1. The molecule has 1 aliphatic rings. The van der Waals surface area contributed by atoms with Crippen molar-refractivity contribution >= 4 is 17.7 Å². The molecule has 0 aliphatic heterocycles. The molecule has 0 aromatic heterocycles. The van der Waals surface area contributed by atoms with Gasteiger partial charge in [-0.3, -0.25) is 4.79 Å². The van der Waals surface area contributed by atoms with E-state index < -0.39 is 0 Å². The van der Waals surface area contributed by atoms with Gasteiger partial charge in [-0.05, 0) is 45.0 Å². The van der Waals surface area contributed by atoms with Gasteiger partial charge in [0, 0.05) is 17.7 Å². The van der Waals surface area contributed by atoms with Gasteiger partial charge in [-0.2, -0.15) is 11.8 Å². The molecule has 2 unspecified atom stereocenters. The van der Waals surface area contributed by atoms with Crippen LogP contribution in [0.25, 0.3) is 0 Å². The highest BCUT2D eigenvalue weighted by Gasteiger charge is 2.22. The van der Waals surface area contributed by atoms with Crippen molar-refractivity contribution in [3.05, 3.63) is 0 Å². The lowest BCUT2D eigenvalue weighted by molar-refractivity contribution is -0.122. The van der Waals surface area contributed by atoms with E-state index in [0.29, 0.717) is 12.5 Å². The lowest BCUT2D eigenvalue weighted by Gasteiger charge is -2.29. The van der Waals surface area contributed by atoms with Crippen LogP contribution in [0.15, 0.2) is 0 Å². The Bertz CT molecular complexity index is 221. The summed E-state index contributed by atoms with van der Waals surface area (Å²) in [5.41, 5.74) is 0. The van der Waals surface area contributed by atoms with Gasteiger partial charge >= 0.3 is 0 Å². The smallest absolute Gasteiger partial charge is 0.220 e. The Hall–Kier alpha value is -0.220. The number of hydrogen-bond donors (Lipinski definition) is 2. The predicted octanol–water partition coefficient (Wildman–Crippen LogP) is 2.17. The van der Waals surface area contributed by atoms with Crippen molar-refractivity contribution in [1.82, 2.24) is 10.6 Å². The first-order valence-corrected chi connectivity index (χ1v) is 7.86. The number of hydrogen-bond acceptors (Lipinski definition) is 3. The topological polar surface area (TPSA) is 41.1 Å². The molecule has 0 aromatic rings. The Kier molecular flexibility index (Phi) is 7.69. The molecule has 2 atom stereocenters. The molecule has 0 aromatic carbocycles. The molecule has 1 rings (SSSR count). The number of thioether (sulfide) groups is 1. The molecular weight excluding hydrogens is 232 g/mol. The van der Waals surface area contributed by atoms with Crippen molar-refractivity contribution in [2.45, 2.75) is 56.7 Å². The average Bonchev–Trinajstić information content (AvgIpc) is 2.30. The minimum Gasteiger partial charge on any atom is -0.353 e. The van der Waals surface area contributed by atoms with Gasteiger partial charge in [-0.25, -0.2) is 0 Å². The summed E-state index contributed by atoms with van der Waals surface area (Å²) in [5.74, 6) is 1.42. The van der Waals surface area contributed by atoms with Crippen LogP contribution in [0.1, 0.15) is 45.4 Å². The second-order valence-corrected chi connectivity index (χ2v) is 6.29. The van der Waals surface area contributed by atoms with E-state index in [1.165, 1.54) is 25.0 Å². The van der Waals surface area contributed by atoms with Gasteiger partial charge < -0.3 is 10.6 Å². The minimum absolute atomic E-state index is 0.229. The van der Waals surface area contributed by atoms with E-state index in [1.54, 1.807) is 0 Å². The van der Waals surface area contributed by atoms with Crippen LogP contribution in [0, 0.1) is 0 Å². The van der Waals surface area contributed by atoms with Crippen molar-refractivity contribution in [2.24, 2.45) is 0 Å². The maximum atomic E-state index is 11.7. The summed E-state index contributed by atoms with van der Waals surface area (Å²) in [6.45, 7) is 3.14. The molecule has 4 heteroatoms. The summed E-state index contributed by atoms with van der Waals surface area (Å²) in [4.78, 5) is 11.7. The van der Waals surface area contributed by atoms with Crippen molar-refractivity contribution < 1.29 is 4.79 Å². The van der Waals surface area contributed by atoms with Crippen LogP contribution in [-0.4, -0.2) is 36.5 Å². The highest BCUT2D eigenvalue weighted by Crippen LogP contribution is 2.28. The van der Waals surface area contributed by atoms with E-state index in [2.05, 4.69) is 17.6 Å². The zero-order valence-corrected chi connectivity index (χ0v) is 11.9. The second kappa shape index (κ2) is 8.81. The summed E-state index contributed by atoms with van der Waals surface area (Å²) in [6.07, 6.45) is 6.50. The van der Waals surface area contributed by atoms with Gasteiger partial charge in [-0.1, -0.05) is 13.3 Å². The summed E-state index contributed by atoms with van der Waals surface area (Å²) >= 11 is 2.04. The van der Waals surface area contributed by atoms with E-state index in [1.807, 2.05) is 18.8 Å². The van der Waals surface area contributed by atoms with Gasteiger partial charge in [0.2, 0.25) is 5.91 Å². The predicted molar refractivity (Wildman–Crippen MR) is 75.5 cm³/mol. The standard InChI is InChI=1S/C13H26N2OS/c1-3-17-12-7-4-6-11(10-12)15-13(16)8-5-9-14-2/h11-12,14H,3-10H2,1-2H3,(H,15,16). The van der Waals surface area contributed by atoms with Gasteiger partial charge in [0.05, 0.1) is 0 Å². The largest absolute Gasteiger partial charge is 0.353 e. The second-order valence-electron chi connectivity index (χ2n) is 4.72. The first-order chi connectivity index (χ1) is 8.26. The third kappa shape index (κ3) is 6.32. The molecular formula is C13H26N2OS. The molecule has 17 heavy (non-hydrogen) atoms. The number of rotatable bonds is 7. The molecule has 1 amide bonds. The van der Waals surface area contributed by atoms with Crippen molar-refractivity contribution in [1.29, 1.82) is 0 Å². The van der Waals surface area contributed by atoms with Crippen molar-refractivity contribution in [3.63, 3.8) is 0 Å². The monoisotopic (exact) mass is 258 g/mol. The summed E-state index contributed by atoms with van der Waals surface area (Å²) < 4.78 is 0. The lowest BCUT2D eigenvalue weighted by atomic mass is 9.95. The van der Waals surface area contributed by atoms with Crippen LogP contribution < -0.4 is 10.6 Å². The maximum Gasteiger partial charge on any atom is 0.220 e. The Morgan fingerprint density at radius 2 is 2.24 bits per heavy atom.